The Morgan fingerprint density at radius 2 is 1.82 bits per heavy atom. The van der Waals surface area contributed by atoms with Gasteiger partial charge in [-0.3, -0.25) is 14.5 Å². The number of likely N-dealkylation sites (N-methyl/N-ethyl adjacent to an activating group) is 1. The van der Waals surface area contributed by atoms with Crippen LogP contribution in [0.15, 0.2) is 22.0 Å². The Morgan fingerprint density at radius 3 is 2.44 bits per heavy atom. The third-order valence-corrected chi connectivity index (χ3v) is 8.23. The number of aryl methyl sites for hydroxylation is 2. The van der Waals surface area contributed by atoms with Gasteiger partial charge < -0.3 is 9.88 Å². The van der Waals surface area contributed by atoms with Crippen LogP contribution in [0.4, 0.5) is 0 Å². The van der Waals surface area contributed by atoms with Gasteiger partial charge in [0.25, 0.3) is 5.56 Å². The van der Waals surface area contributed by atoms with Crippen molar-refractivity contribution >= 4 is 21.1 Å². The summed E-state index contributed by atoms with van der Waals surface area (Å²) >= 11 is 0. The summed E-state index contributed by atoms with van der Waals surface area (Å²) in [7, 11) is -1.93. The van der Waals surface area contributed by atoms with E-state index in [0.717, 1.165) is 12.2 Å². The zero-order valence-corrected chi connectivity index (χ0v) is 21.3. The van der Waals surface area contributed by atoms with Crippen molar-refractivity contribution in [3.8, 4) is 11.4 Å². The highest BCUT2D eigenvalue weighted by Gasteiger charge is 2.29. The summed E-state index contributed by atoms with van der Waals surface area (Å²) in [4.78, 5) is 27.3. The first-order valence-electron chi connectivity index (χ1n) is 11.8. The molecular weight excluding hydrogens is 454 g/mol. The minimum absolute atomic E-state index is 0.115. The number of piperazine rings is 1. The van der Waals surface area contributed by atoms with Gasteiger partial charge in [0.2, 0.25) is 10.0 Å². The van der Waals surface area contributed by atoms with Crippen LogP contribution in [0, 0.1) is 5.92 Å². The summed E-state index contributed by atoms with van der Waals surface area (Å²) in [6.07, 6.45) is 2.72. The fourth-order valence-corrected chi connectivity index (χ4v) is 5.85. The van der Waals surface area contributed by atoms with E-state index in [1.807, 2.05) is 6.92 Å². The number of aromatic amines is 1. The van der Waals surface area contributed by atoms with Crippen LogP contribution in [-0.2, 0) is 29.9 Å². The first kappa shape index (κ1) is 24.5. The van der Waals surface area contributed by atoms with Crippen molar-refractivity contribution in [3.05, 3.63) is 34.0 Å². The lowest BCUT2D eigenvalue weighted by Crippen LogP contribution is -2.48. The number of rotatable bonds is 7. The molecule has 0 unspecified atom stereocenters. The zero-order valence-electron chi connectivity index (χ0n) is 20.5. The highest BCUT2D eigenvalue weighted by molar-refractivity contribution is 7.89. The van der Waals surface area contributed by atoms with Crippen LogP contribution < -0.4 is 5.56 Å². The summed E-state index contributed by atoms with van der Waals surface area (Å²) in [5.41, 5.74) is 2.54. The topological polar surface area (TPSA) is 117 Å². The summed E-state index contributed by atoms with van der Waals surface area (Å²) in [5, 5.41) is 4.31. The number of nitrogens with one attached hydrogen (secondary N) is 1. The van der Waals surface area contributed by atoms with Gasteiger partial charge in [-0.1, -0.05) is 27.7 Å². The number of H-pyrrole nitrogens is 1. The minimum Gasteiger partial charge on any atom is -0.305 e. The van der Waals surface area contributed by atoms with Gasteiger partial charge in [-0.05, 0) is 31.4 Å². The maximum Gasteiger partial charge on any atom is 0.279 e. The average molecular weight is 488 g/mol. The Labute approximate surface area is 200 Å². The van der Waals surface area contributed by atoms with E-state index in [1.165, 1.54) is 10.5 Å². The molecule has 4 rings (SSSR count). The number of sulfonamides is 1. The van der Waals surface area contributed by atoms with Crippen molar-refractivity contribution in [3.63, 3.8) is 0 Å². The normalized spacial score (nSPS) is 16.1. The number of pyridine rings is 1. The van der Waals surface area contributed by atoms with E-state index in [1.54, 1.807) is 17.8 Å². The molecule has 1 saturated heterocycles. The Bertz CT molecular complexity index is 1350. The molecule has 184 valence electrons. The Hall–Kier alpha value is -2.63. The predicted molar refractivity (Wildman–Crippen MR) is 131 cm³/mol. The van der Waals surface area contributed by atoms with Crippen LogP contribution in [0.3, 0.4) is 0 Å². The highest BCUT2D eigenvalue weighted by atomic mass is 32.2. The maximum atomic E-state index is 13.4. The van der Waals surface area contributed by atoms with E-state index in [0.29, 0.717) is 61.6 Å². The SMILES string of the molecule is CCc1c2nc(-c3cc(S(=O)(=O)N4CCN(CC)CC4)cnc3CC(C)C)[nH]c(=O)c2nn1C. The van der Waals surface area contributed by atoms with Crippen molar-refractivity contribution in [1.82, 2.24) is 33.9 Å². The Kier molecular flexibility index (Phi) is 6.88. The second-order valence-electron chi connectivity index (χ2n) is 9.14. The van der Waals surface area contributed by atoms with Gasteiger partial charge in [-0.2, -0.15) is 9.40 Å². The number of fused-ring (bicyclic) bond motifs is 1. The third kappa shape index (κ3) is 4.51. The fraction of sp³-hybridized carbons (Fsp3) is 0.565. The van der Waals surface area contributed by atoms with Gasteiger partial charge in [-0.15, -0.1) is 0 Å². The van der Waals surface area contributed by atoms with E-state index >= 15 is 0 Å². The van der Waals surface area contributed by atoms with Gasteiger partial charge in [-0.25, -0.2) is 13.4 Å². The standard InChI is InChI=1S/C23H33N7O3S/c1-6-19-20-21(27-28(19)5)23(31)26-22(25-20)17-13-16(14-24-18(17)12-15(3)4)34(32,33)30-10-8-29(7-2)9-11-30/h13-15H,6-12H2,1-5H3,(H,25,26,31). The molecule has 10 nitrogen and oxygen atoms in total. The second kappa shape index (κ2) is 9.55. The minimum atomic E-state index is -3.72. The molecule has 0 amide bonds. The fourth-order valence-electron chi connectivity index (χ4n) is 4.45. The lowest BCUT2D eigenvalue weighted by molar-refractivity contribution is 0.196. The van der Waals surface area contributed by atoms with E-state index in [-0.39, 0.29) is 21.9 Å². The summed E-state index contributed by atoms with van der Waals surface area (Å²) < 4.78 is 30.1. The quantitative estimate of drug-likeness (QED) is 0.540. The average Bonchev–Trinajstić information content (AvgIpc) is 3.14. The largest absolute Gasteiger partial charge is 0.305 e. The molecule has 0 aromatic carbocycles. The van der Waals surface area contributed by atoms with Crippen LogP contribution in [0.5, 0.6) is 0 Å². The molecule has 0 aliphatic carbocycles. The number of nitrogens with zero attached hydrogens (tertiary/aromatic N) is 6. The third-order valence-electron chi connectivity index (χ3n) is 6.36. The number of aromatic nitrogens is 5. The van der Waals surface area contributed by atoms with Gasteiger partial charge in [0, 0.05) is 45.0 Å². The molecule has 0 radical (unpaired) electrons. The van der Waals surface area contributed by atoms with E-state index in [4.69, 9.17) is 4.98 Å². The van der Waals surface area contributed by atoms with Crippen molar-refractivity contribution in [2.75, 3.05) is 32.7 Å². The molecular formula is C23H33N7O3S. The second-order valence-corrected chi connectivity index (χ2v) is 11.1. The van der Waals surface area contributed by atoms with Crippen molar-refractivity contribution in [2.24, 2.45) is 13.0 Å². The van der Waals surface area contributed by atoms with Crippen LogP contribution in [0.2, 0.25) is 0 Å². The van der Waals surface area contributed by atoms with Gasteiger partial charge in [0.05, 0.1) is 11.4 Å². The zero-order chi connectivity index (χ0) is 24.6. The van der Waals surface area contributed by atoms with Gasteiger partial charge in [0.15, 0.2) is 5.52 Å². The van der Waals surface area contributed by atoms with Crippen LogP contribution in [0.25, 0.3) is 22.4 Å². The molecule has 3 aromatic rings. The van der Waals surface area contributed by atoms with Crippen molar-refractivity contribution in [2.45, 2.75) is 45.4 Å². The first-order valence-corrected chi connectivity index (χ1v) is 13.3. The van der Waals surface area contributed by atoms with E-state index in [2.05, 4.69) is 40.7 Å². The first-order chi connectivity index (χ1) is 16.1. The van der Waals surface area contributed by atoms with Crippen LogP contribution >= 0.6 is 0 Å². The summed E-state index contributed by atoms with van der Waals surface area (Å²) in [6, 6.07) is 1.61. The van der Waals surface area contributed by atoms with Gasteiger partial charge in [0.1, 0.15) is 16.2 Å². The molecule has 1 aliphatic heterocycles. The van der Waals surface area contributed by atoms with E-state index in [9.17, 15) is 13.2 Å². The molecule has 1 N–H and O–H groups in total. The number of hydrogen-bond donors (Lipinski definition) is 1. The van der Waals surface area contributed by atoms with E-state index < -0.39 is 10.0 Å². The molecule has 0 bridgehead atoms. The maximum absolute atomic E-state index is 13.4. The molecule has 3 aromatic heterocycles. The van der Waals surface area contributed by atoms with Gasteiger partial charge >= 0.3 is 0 Å². The lowest BCUT2D eigenvalue weighted by atomic mass is 10.0. The molecule has 34 heavy (non-hydrogen) atoms. The molecule has 4 heterocycles. The highest BCUT2D eigenvalue weighted by Crippen LogP contribution is 2.27. The molecule has 0 saturated carbocycles. The number of hydrogen-bond acceptors (Lipinski definition) is 7. The summed E-state index contributed by atoms with van der Waals surface area (Å²) in [5.74, 6) is 0.604. The predicted octanol–water partition coefficient (Wildman–Crippen LogP) is 1.81. The Balaban J connectivity index is 1.83. The van der Waals surface area contributed by atoms with Crippen LogP contribution in [-0.4, -0.2) is 75.1 Å². The molecule has 0 atom stereocenters. The monoisotopic (exact) mass is 487 g/mol. The lowest BCUT2D eigenvalue weighted by Gasteiger charge is -2.33. The molecule has 0 spiro atoms. The Morgan fingerprint density at radius 1 is 1.12 bits per heavy atom. The van der Waals surface area contributed by atoms with Crippen LogP contribution in [0.1, 0.15) is 39.1 Å². The molecule has 11 heteroatoms. The van der Waals surface area contributed by atoms with Crippen molar-refractivity contribution < 1.29 is 8.42 Å². The smallest absolute Gasteiger partial charge is 0.279 e. The molecule has 1 aliphatic rings. The van der Waals surface area contributed by atoms with Crippen molar-refractivity contribution in [1.29, 1.82) is 0 Å². The molecule has 1 fully saturated rings. The summed E-state index contributed by atoms with van der Waals surface area (Å²) in [6.45, 7) is 11.4.